The molecule has 1 saturated carbocycles. The van der Waals surface area contributed by atoms with Crippen LogP contribution in [-0.2, 0) is 11.3 Å². The van der Waals surface area contributed by atoms with Crippen molar-refractivity contribution in [2.75, 3.05) is 13.1 Å². The Morgan fingerprint density at radius 1 is 1.29 bits per heavy atom. The van der Waals surface area contributed by atoms with E-state index in [0.717, 1.165) is 10.9 Å². The zero-order chi connectivity index (χ0) is 17.6. The molecule has 1 N–H and O–H groups in total. The van der Waals surface area contributed by atoms with Gasteiger partial charge in [-0.15, -0.1) is 0 Å². The molecule has 132 valence electrons. The van der Waals surface area contributed by atoms with E-state index >= 15 is 0 Å². The number of carboxylic acids is 1. The van der Waals surface area contributed by atoms with E-state index in [4.69, 9.17) is 5.11 Å². The van der Waals surface area contributed by atoms with Gasteiger partial charge in [0, 0.05) is 19.3 Å². The van der Waals surface area contributed by atoms with Gasteiger partial charge < -0.3 is 10.0 Å². The third-order valence-electron chi connectivity index (χ3n) is 4.91. The summed E-state index contributed by atoms with van der Waals surface area (Å²) in [5.74, 6) is -1.18. The summed E-state index contributed by atoms with van der Waals surface area (Å²) >= 11 is 0. The molecule has 0 spiro atoms. The molecule has 1 aliphatic heterocycles. The lowest BCUT2D eigenvalue weighted by Crippen LogP contribution is -2.30. The number of alkyl halides is 3. The van der Waals surface area contributed by atoms with Crippen LogP contribution in [0.25, 0.3) is 0 Å². The van der Waals surface area contributed by atoms with Crippen LogP contribution in [0.2, 0.25) is 0 Å². The predicted molar refractivity (Wildman–Crippen MR) is 76.3 cm³/mol. The quantitative estimate of drug-likeness (QED) is 0.908. The van der Waals surface area contributed by atoms with E-state index in [2.05, 4.69) is 5.10 Å². The minimum absolute atomic E-state index is 0.153. The van der Waals surface area contributed by atoms with Crippen LogP contribution in [0.5, 0.6) is 0 Å². The van der Waals surface area contributed by atoms with Gasteiger partial charge in [0.05, 0.1) is 17.2 Å². The third kappa shape index (κ3) is 3.25. The summed E-state index contributed by atoms with van der Waals surface area (Å²) in [6.07, 6.45) is -2.15. The number of halogens is 3. The molecule has 24 heavy (non-hydrogen) atoms. The minimum atomic E-state index is -4.39. The van der Waals surface area contributed by atoms with Gasteiger partial charge in [-0.05, 0) is 31.6 Å². The van der Waals surface area contributed by atoms with Crippen molar-refractivity contribution < 1.29 is 27.9 Å². The van der Waals surface area contributed by atoms with E-state index in [1.165, 1.54) is 6.92 Å². The van der Waals surface area contributed by atoms with E-state index in [1.807, 2.05) is 0 Å². The molecule has 0 bridgehead atoms. The summed E-state index contributed by atoms with van der Waals surface area (Å²) in [6.45, 7) is 1.19. The van der Waals surface area contributed by atoms with E-state index in [-0.39, 0.29) is 34.9 Å². The highest BCUT2D eigenvalue weighted by Crippen LogP contribution is 2.42. The number of likely N-dealkylation sites (tertiary alicyclic amines) is 1. The molecule has 1 aliphatic carbocycles. The highest BCUT2D eigenvalue weighted by Gasteiger charge is 2.45. The van der Waals surface area contributed by atoms with Crippen LogP contribution in [0.3, 0.4) is 0 Å². The normalized spacial score (nSPS) is 26.7. The summed E-state index contributed by atoms with van der Waals surface area (Å²) in [4.78, 5) is 25.2. The van der Waals surface area contributed by atoms with Crippen LogP contribution in [-0.4, -0.2) is 50.9 Å². The number of carbonyl (C=O) groups is 2. The van der Waals surface area contributed by atoms with Gasteiger partial charge >= 0.3 is 12.1 Å². The van der Waals surface area contributed by atoms with Gasteiger partial charge in [-0.25, -0.2) is 0 Å². The van der Waals surface area contributed by atoms with Gasteiger partial charge in [-0.3, -0.25) is 14.3 Å². The molecule has 0 radical (unpaired) electrons. The summed E-state index contributed by atoms with van der Waals surface area (Å²) in [6, 6.07) is 0. The highest BCUT2D eigenvalue weighted by molar-refractivity contribution is 5.95. The van der Waals surface area contributed by atoms with Crippen molar-refractivity contribution in [1.82, 2.24) is 14.7 Å². The number of hydrogen-bond acceptors (Lipinski definition) is 3. The second-order valence-electron chi connectivity index (χ2n) is 6.68. The Morgan fingerprint density at radius 2 is 1.88 bits per heavy atom. The number of fused-ring (bicyclic) bond motifs is 1. The molecular formula is C15H18F3N3O3. The number of amides is 1. The summed E-state index contributed by atoms with van der Waals surface area (Å²) in [5.41, 5.74) is 0.443. The first-order valence-corrected chi connectivity index (χ1v) is 7.77. The number of aliphatic carboxylic acids is 1. The van der Waals surface area contributed by atoms with E-state index < -0.39 is 18.7 Å². The first kappa shape index (κ1) is 16.8. The van der Waals surface area contributed by atoms with Crippen molar-refractivity contribution in [2.24, 2.45) is 17.8 Å². The fraction of sp³-hybridized carbons (Fsp3) is 0.667. The largest absolute Gasteiger partial charge is 0.481 e. The summed E-state index contributed by atoms with van der Waals surface area (Å²) in [5, 5.41) is 12.8. The highest BCUT2D eigenvalue weighted by atomic mass is 19.4. The molecule has 1 unspecified atom stereocenters. The number of hydrogen-bond donors (Lipinski definition) is 1. The van der Waals surface area contributed by atoms with Gasteiger partial charge in [0.25, 0.3) is 5.91 Å². The molecule has 2 aliphatic rings. The van der Waals surface area contributed by atoms with Gasteiger partial charge in [0.1, 0.15) is 6.54 Å². The lowest BCUT2D eigenvalue weighted by molar-refractivity contribution is -0.143. The van der Waals surface area contributed by atoms with Crippen LogP contribution in [0.1, 0.15) is 28.9 Å². The Hall–Kier alpha value is -2.06. The topological polar surface area (TPSA) is 75.4 Å². The molecule has 9 heteroatoms. The Morgan fingerprint density at radius 3 is 2.38 bits per heavy atom. The lowest BCUT2D eigenvalue weighted by atomic mass is 10.0. The maximum Gasteiger partial charge on any atom is 0.408 e. The Balaban J connectivity index is 1.68. The molecule has 1 amide bonds. The maximum absolute atomic E-state index is 12.6. The van der Waals surface area contributed by atoms with Crippen molar-refractivity contribution in [3.63, 3.8) is 0 Å². The first-order chi connectivity index (χ1) is 11.1. The molecule has 1 aromatic rings. The van der Waals surface area contributed by atoms with Crippen LogP contribution >= 0.6 is 0 Å². The second-order valence-corrected chi connectivity index (χ2v) is 6.68. The smallest absolute Gasteiger partial charge is 0.408 e. The Labute approximate surface area is 136 Å². The van der Waals surface area contributed by atoms with Crippen LogP contribution in [0.4, 0.5) is 13.2 Å². The number of nitrogens with zero attached hydrogens (tertiary/aromatic N) is 3. The summed E-state index contributed by atoms with van der Waals surface area (Å²) in [7, 11) is 0. The first-order valence-electron chi connectivity index (χ1n) is 7.77. The average molecular weight is 345 g/mol. The van der Waals surface area contributed by atoms with E-state index in [1.54, 1.807) is 4.90 Å². The average Bonchev–Trinajstić information content (AvgIpc) is 3.08. The van der Waals surface area contributed by atoms with Crippen molar-refractivity contribution >= 4 is 11.9 Å². The minimum Gasteiger partial charge on any atom is -0.481 e. The zero-order valence-corrected chi connectivity index (χ0v) is 13.1. The number of carboxylic acid groups (broad SMARTS) is 1. The van der Waals surface area contributed by atoms with Crippen molar-refractivity contribution in [3.05, 3.63) is 17.5 Å². The van der Waals surface area contributed by atoms with E-state index in [9.17, 15) is 22.8 Å². The lowest BCUT2D eigenvalue weighted by Gasteiger charge is -2.17. The molecule has 3 atom stereocenters. The molecule has 3 rings (SSSR count). The van der Waals surface area contributed by atoms with Crippen molar-refractivity contribution in [2.45, 2.75) is 32.5 Å². The molecule has 0 aromatic carbocycles. The standard InChI is InChI=1S/C15H18F3N3O3/c1-8-12(6-21(19-8)7-15(16,17)18)13(22)20-4-10-2-9(14(23)24)3-11(10)5-20/h6,9-11H,2-5,7H2,1H3,(H,23,24)/t9?,10-,11+. The third-order valence-corrected chi connectivity index (χ3v) is 4.91. The Bertz CT molecular complexity index is 657. The van der Waals surface area contributed by atoms with Crippen molar-refractivity contribution in [3.8, 4) is 0 Å². The van der Waals surface area contributed by atoms with Crippen LogP contribution < -0.4 is 0 Å². The number of aromatic nitrogens is 2. The maximum atomic E-state index is 12.6. The number of aryl methyl sites for hydroxylation is 1. The second kappa shape index (κ2) is 5.78. The molecule has 6 nitrogen and oxygen atoms in total. The SMILES string of the molecule is Cc1nn(CC(F)(F)F)cc1C(=O)N1C[C@H]2CC(C(=O)O)C[C@H]2C1. The van der Waals surface area contributed by atoms with E-state index in [0.29, 0.717) is 25.9 Å². The molecule has 1 aromatic heterocycles. The van der Waals surface area contributed by atoms with Crippen LogP contribution in [0.15, 0.2) is 6.20 Å². The molecule has 1 saturated heterocycles. The fourth-order valence-electron chi connectivity index (χ4n) is 3.83. The van der Waals surface area contributed by atoms with Crippen LogP contribution in [0, 0.1) is 24.7 Å². The van der Waals surface area contributed by atoms with Gasteiger partial charge in [-0.2, -0.15) is 18.3 Å². The van der Waals surface area contributed by atoms with Gasteiger partial charge in [0.2, 0.25) is 0 Å². The zero-order valence-electron chi connectivity index (χ0n) is 13.1. The van der Waals surface area contributed by atoms with Gasteiger partial charge in [0.15, 0.2) is 0 Å². The molecular weight excluding hydrogens is 327 g/mol. The fourth-order valence-corrected chi connectivity index (χ4v) is 3.83. The molecule has 2 fully saturated rings. The number of carbonyl (C=O) groups excluding carboxylic acids is 1. The predicted octanol–water partition coefficient (Wildman–Crippen LogP) is 1.94. The summed E-state index contributed by atoms with van der Waals surface area (Å²) < 4.78 is 38.1. The Kier molecular flexibility index (Phi) is 4.05. The molecule has 2 heterocycles. The monoisotopic (exact) mass is 345 g/mol. The van der Waals surface area contributed by atoms with Gasteiger partial charge in [-0.1, -0.05) is 0 Å². The van der Waals surface area contributed by atoms with Crippen molar-refractivity contribution in [1.29, 1.82) is 0 Å². The number of rotatable bonds is 3.